The maximum absolute atomic E-state index is 3.73. The van der Waals surface area contributed by atoms with E-state index in [1.54, 1.807) is 0 Å². The predicted octanol–water partition coefficient (Wildman–Crippen LogP) is 5.62. The van der Waals surface area contributed by atoms with E-state index in [0.29, 0.717) is 6.04 Å². The van der Waals surface area contributed by atoms with Crippen molar-refractivity contribution in [3.05, 3.63) is 33.8 Å². The van der Waals surface area contributed by atoms with Crippen LogP contribution >= 0.6 is 15.9 Å². The van der Waals surface area contributed by atoms with Crippen LogP contribution in [0.1, 0.15) is 63.6 Å². The molecule has 1 unspecified atom stereocenters. The Bertz CT molecular complexity index is 372. The molecule has 0 bridgehead atoms. The second-order valence-corrected chi connectivity index (χ2v) is 6.23. The van der Waals surface area contributed by atoms with E-state index in [9.17, 15) is 0 Å². The topological polar surface area (TPSA) is 12.0 Å². The molecule has 0 saturated heterocycles. The highest BCUT2D eigenvalue weighted by Gasteiger charge is 2.17. The highest BCUT2D eigenvalue weighted by atomic mass is 79.9. The van der Waals surface area contributed by atoms with E-state index in [1.807, 2.05) is 0 Å². The predicted molar refractivity (Wildman–Crippen MR) is 88.6 cm³/mol. The standard InChI is InChI=1S/C17H28BrN/c1-5-11-19-17(12-14(6-2)7-3)15-9-8-10-16(18)13(15)4/h8-10,14,17,19H,5-7,11-12H2,1-4H3. The van der Waals surface area contributed by atoms with E-state index < -0.39 is 0 Å². The van der Waals surface area contributed by atoms with E-state index in [-0.39, 0.29) is 0 Å². The number of benzene rings is 1. The van der Waals surface area contributed by atoms with Crippen LogP contribution in [0.2, 0.25) is 0 Å². The Morgan fingerprint density at radius 2 is 1.84 bits per heavy atom. The lowest BCUT2D eigenvalue weighted by Gasteiger charge is -2.25. The summed E-state index contributed by atoms with van der Waals surface area (Å²) in [7, 11) is 0. The summed E-state index contributed by atoms with van der Waals surface area (Å²) in [6.45, 7) is 10.1. The molecule has 1 atom stereocenters. The molecule has 1 aromatic carbocycles. The minimum atomic E-state index is 0.488. The summed E-state index contributed by atoms with van der Waals surface area (Å²) < 4.78 is 1.22. The van der Waals surface area contributed by atoms with Crippen LogP contribution in [0.3, 0.4) is 0 Å². The maximum Gasteiger partial charge on any atom is 0.0325 e. The minimum Gasteiger partial charge on any atom is -0.310 e. The Morgan fingerprint density at radius 3 is 2.42 bits per heavy atom. The zero-order chi connectivity index (χ0) is 14.3. The number of rotatable bonds is 8. The molecule has 1 N–H and O–H groups in total. The zero-order valence-electron chi connectivity index (χ0n) is 12.8. The molecular weight excluding hydrogens is 298 g/mol. The van der Waals surface area contributed by atoms with Gasteiger partial charge < -0.3 is 5.32 Å². The van der Waals surface area contributed by atoms with Gasteiger partial charge in [-0.2, -0.15) is 0 Å². The van der Waals surface area contributed by atoms with Crippen molar-refractivity contribution < 1.29 is 0 Å². The third-order valence-electron chi connectivity index (χ3n) is 4.05. The largest absolute Gasteiger partial charge is 0.310 e. The lowest BCUT2D eigenvalue weighted by atomic mass is 9.89. The molecule has 108 valence electrons. The first-order chi connectivity index (χ1) is 9.13. The summed E-state index contributed by atoms with van der Waals surface area (Å²) >= 11 is 3.66. The van der Waals surface area contributed by atoms with Gasteiger partial charge in [0.05, 0.1) is 0 Å². The van der Waals surface area contributed by atoms with Crippen LogP contribution in [0.15, 0.2) is 22.7 Å². The molecule has 0 aromatic heterocycles. The molecule has 1 aromatic rings. The molecule has 0 fully saturated rings. The SMILES string of the molecule is CCCNC(CC(CC)CC)c1cccc(Br)c1C. The summed E-state index contributed by atoms with van der Waals surface area (Å²) in [6.07, 6.45) is 4.97. The molecule has 0 saturated carbocycles. The zero-order valence-corrected chi connectivity index (χ0v) is 14.4. The number of halogens is 1. The fourth-order valence-electron chi connectivity index (χ4n) is 2.60. The average molecular weight is 326 g/mol. The van der Waals surface area contributed by atoms with Gasteiger partial charge >= 0.3 is 0 Å². The molecule has 0 spiro atoms. The van der Waals surface area contributed by atoms with E-state index >= 15 is 0 Å². The fraction of sp³-hybridized carbons (Fsp3) is 0.647. The summed E-state index contributed by atoms with van der Waals surface area (Å²) in [6, 6.07) is 7.05. The Kier molecular flexibility index (Phi) is 7.70. The van der Waals surface area contributed by atoms with Gasteiger partial charge in [0.1, 0.15) is 0 Å². The molecule has 1 rings (SSSR count). The first-order valence-electron chi connectivity index (χ1n) is 7.62. The monoisotopic (exact) mass is 325 g/mol. The molecule has 1 nitrogen and oxygen atoms in total. The van der Waals surface area contributed by atoms with Gasteiger partial charge in [0.15, 0.2) is 0 Å². The van der Waals surface area contributed by atoms with Gasteiger partial charge in [0.25, 0.3) is 0 Å². The normalized spacial score (nSPS) is 12.9. The third kappa shape index (κ3) is 4.92. The van der Waals surface area contributed by atoms with E-state index in [2.05, 4.69) is 67.1 Å². The molecule has 0 aliphatic carbocycles. The van der Waals surface area contributed by atoms with E-state index in [4.69, 9.17) is 0 Å². The highest BCUT2D eigenvalue weighted by molar-refractivity contribution is 9.10. The number of hydrogen-bond donors (Lipinski definition) is 1. The Morgan fingerprint density at radius 1 is 1.16 bits per heavy atom. The van der Waals surface area contributed by atoms with Crippen LogP contribution in [-0.2, 0) is 0 Å². The molecule has 0 aliphatic heterocycles. The van der Waals surface area contributed by atoms with Gasteiger partial charge in [-0.3, -0.25) is 0 Å². The summed E-state index contributed by atoms with van der Waals surface area (Å²) in [5, 5.41) is 3.73. The molecule has 19 heavy (non-hydrogen) atoms. The molecule has 0 aliphatic rings. The minimum absolute atomic E-state index is 0.488. The van der Waals surface area contributed by atoms with Crippen molar-refractivity contribution in [1.29, 1.82) is 0 Å². The van der Waals surface area contributed by atoms with Crippen molar-refractivity contribution >= 4 is 15.9 Å². The van der Waals surface area contributed by atoms with Gasteiger partial charge in [0.2, 0.25) is 0 Å². The Hall–Kier alpha value is -0.340. The average Bonchev–Trinajstić information content (AvgIpc) is 2.43. The first kappa shape index (κ1) is 16.7. The lowest BCUT2D eigenvalue weighted by Crippen LogP contribution is -2.25. The van der Waals surface area contributed by atoms with Crippen LogP contribution in [0.25, 0.3) is 0 Å². The van der Waals surface area contributed by atoms with Crippen molar-refractivity contribution in [2.75, 3.05) is 6.54 Å². The lowest BCUT2D eigenvalue weighted by molar-refractivity contribution is 0.370. The third-order valence-corrected chi connectivity index (χ3v) is 4.91. The fourth-order valence-corrected chi connectivity index (χ4v) is 2.98. The van der Waals surface area contributed by atoms with Crippen LogP contribution in [-0.4, -0.2) is 6.54 Å². The van der Waals surface area contributed by atoms with E-state index in [1.165, 1.54) is 41.3 Å². The van der Waals surface area contributed by atoms with Gasteiger partial charge in [-0.1, -0.05) is 61.7 Å². The van der Waals surface area contributed by atoms with Gasteiger partial charge in [0, 0.05) is 10.5 Å². The summed E-state index contributed by atoms with van der Waals surface area (Å²) in [4.78, 5) is 0. The van der Waals surface area contributed by atoms with Crippen molar-refractivity contribution in [3.8, 4) is 0 Å². The van der Waals surface area contributed by atoms with Crippen molar-refractivity contribution in [3.63, 3.8) is 0 Å². The number of nitrogens with one attached hydrogen (secondary N) is 1. The molecule has 0 amide bonds. The Labute approximate surface area is 127 Å². The number of hydrogen-bond acceptors (Lipinski definition) is 1. The highest BCUT2D eigenvalue weighted by Crippen LogP contribution is 2.30. The molecule has 0 radical (unpaired) electrons. The van der Waals surface area contributed by atoms with Crippen LogP contribution in [0, 0.1) is 12.8 Å². The van der Waals surface area contributed by atoms with Crippen LogP contribution in [0.5, 0.6) is 0 Å². The first-order valence-corrected chi connectivity index (χ1v) is 8.41. The maximum atomic E-state index is 3.73. The Balaban J connectivity index is 2.91. The van der Waals surface area contributed by atoms with Gasteiger partial charge in [-0.15, -0.1) is 0 Å². The van der Waals surface area contributed by atoms with Crippen molar-refractivity contribution in [1.82, 2.24) is 5.32 Å². The second-order valence-electron chi connectivity index (χ2n) is 5.38. The smallest absolute Gasteiger partial charge is 0.0325 e. The molecule has 2 heteroatoms. The van der Waals surface area contributed by atoms with E-state index in [0.717, 1.165) is 12.5 Å². The molecular formula is C17H28BrN. The van der Waals surface area contributed by atoms with Gasteiger partial charge in [-0.25, -0.2) is 0 Å². The molecule has 0 heterocycles. The van der Waals surface area contributed by atoms with Crippen molar-refractivity contribution in [2.24, 2.45) is 5.92 Å². The van der Waals surface area contributed by atoms with Crippen molar-refractivity contribution in [2.45, 2.75) is 59.4 Å². The summed E-state index contributed by atoms with van der Waals surface area (Å²) in [5.74, 6) is 0.813. The quantitative estimate of drug-likeness (QED) is 0.653. The van der Waals surface area contributed by atoms with Crippen LogP contribution < -0.4 is 5.32 Å². The second kappa shape index (κ2) is 8.76. The van der Waals surface area contributed by atoms with Crippen LogP contribution in [0.4, 0.5) is 0 Å². The van der Waals surface area contributed by atoms with Gasteiger partial charge in [-0.05, 0) is 49.4 Å². The summed E-state index contributed by atoms with van der Waals surface area (Å²) in [5.41, 5.74) is 2.83.